The molecule has 26 heavy (non-hydrogen) atoms. The summed E-state index contributed by atoms with van der Waals surface area (Å²) in [4.78, 5) is 22.3. The van der Waals surface area contributed by atoms with E-state index in [9.17, 15) is 22.8 Å². The fourth-order valence-electron chi connectivity index (χ4n) is 2.03. The van der Waals surface area contributed by atoms with Gasteiger partial charge in [0.15, 0.2) is 0 Å². The number of alkyl halides is 3. The fourth-order valence-corrected chi connectivity index (χ4v) is 2.03. The van der Waals surface area contributed by atoms with Gasteiger partial charge in [-0.05, 0) is 24.1 Å². The van der Waals surface area contributed by atoms with Crippen LogP contribution >= 0.6 is 0 Å². The Balaban J connectivity index is 1.74. The number of hydrogen-bond donors (Lipinski definition) is 2. The highest BCUT2D eigenvalue weighted by molar-refractivity contribution is 5.76. The molecule has 1 aromatic heterocycles. The largest absolute Gasteiger partial charge is 0.573 e. The first-order valence-electron chi connectivity index (χ1n) is 7.43. The van der Waals surface area contributed by atoms with Crippen LogP contribution in [-0.2, 0) is 29.1 Å². The molecule has 1 aromatic carbocycles. The van der Waals surface area contributed by atoms with Crippen molar-refractivity contribution in [1.82, 2.24) is 20.3 Å². The zero-order chi connectivity index (χ0) is 19.2. The van der Waals surface area contributed by atoms with Crippen molar-refractivity contribution in [3.8, 4) is 5.75 Å². The van der Waals surface area contributed by atoms with E-state index in [1.54, 1.807) is 0 Å². The molecule has 0 radical (unpaired) electrons. The van der Waals surface area contributed by atoms with E-state index in [-0.39, 0.29) is 31.2 Å². The number of nitrogens with one attached hydrogen (secondary N) is 1. The summed E-state index contributed by atoms with van der Waals surface area (Å²) in [6.45, 7) is -0.230. The summed E-state index contributed by atoms with van der Waals surface area (Å²) in [7, 11) is 0. The van der Waals surface area contributed by atoms with Crippen molar-refractivity contribution in [3.63, 3.8) is 0 Å². The molecule has 2 rings (SSSR count). The maximum absolute atomic E-state index is 12.1. The third-order valence-corrected chi connectivity index (χ3v) is 3.15. The van der Waals surface area contributed by atoms with Gasteiger partial charge in [-0.15, -0.1) is 18.3 Å². The molecule has 0 spiro atoms. The Morgan fingerprint density at radius 2 is 1.92 bits per heavy atom. The summed E-state index contributed by atoms with van der Waals surface area (Å²) in [5.74, 6) is -1.67. The Kier molecular flexibility index (Phi) is 6.15. The van der Waals surface area contributed by atoms with Gasteiger partial charge in [0, 0.05) is 6.42 Å². The lowest BCUT2D eigenvalue weighted by molar-refractivity contribution is -0.274. The minimum atomic E-state index is -4.74. The molecule has 0 fully saturated rings. The van der Waals surface area contributed by atoms with Gasteiger partial charge >= 0.3 is 12.3 Å². The number of ether oxygens (including phenoxy) is 1. The fraction of sp³-hybridized carbons (Fsp3) is 0.333. The smallest absolute Gasteiger partial charge is 0.480 e. The molecule has 11 heteroatoms. The number of halogens is 3. The predicted molar refractivity (Wildman–Crippen MR) is 81.0 cm³/mol. The van der Waals surface area contributed by atoms with Crippen molar-refractivity contribution in [3.05, 3.63) is 41.7 Å². The monoisotopic (exact) mass is 372 g/mol. The molecule has 0 aliphatic heterocycles. The van der Waals surface area contributed by atoms with Crippen LogP contribution in [0.15, 0.2) is 30.5 Å². The summed E-state index contributed by atoms with van der Waals surface area (Å²) in [5.41, 5.74) is 1.09. The van der Waals surface area contributed by atoms with Gasteiger partial charge in [-0.25, -0.2) is 4.68 Å². The Morgan fingerprint density at radius 1 is 1.23 bits per heavy atom. The lowest BCUT2D eigenvalue weighted by atomic mass is 10.1. The van der Waals surface area contributed by atoms with Gasteiger partial charge in [0.2, 0.25) is 5.91 Å². The minimum Gasteiger partial charge on any atom is -0.480 e. The first kappa shape index (κ1) is 19.2. The van der Waals surface area contributed by atoms with Crippen LogP contribution in [0.25, 0.3) is 0 Å². The molecule has 1 heterocycles. The minimum absolute atomic E-state index is 0.0941. The molecule has 0 bridgehead atoms. The summed E-state index contributed by atoms with van der Waals surface area (Å²) in [5, 5.41) is 18.6. The van der Waals surface area contributed by atoms with Crippen molar-refractivity contribution in [2.45, 2.75) is 32.3 Å². The number of carbonyl (C=O) groups is 2. The lowest BCUT2D eigenvalue weighted by Crippen LogP contribution is -2.23. The zero-order valence-corrected chi connectivity index (χ0v) is 13.4. The van der Waals surface area contributed by atoms with Crippen LogP contribution in [0.3, 0.4) is 0 Å². The first-order valence-corrected chi connectivity index (χ1v) is 7.43. The molecule has 140 valence electrons. The van der Waals surface area contributed by atoms with E-state index in [0.717, 1.165) is 4.68 Å². The number of aliphatic carboxylic acids is 1. The normalized spacial score (nSPS) is 11.2. The SMILES string of the molecule is O=C(O)Cn1cc(CNC(=O)CCc2ccc(OC(F)(F)F)cc2)nn1. The van der Waals surface area contributed by atoms with Crippen LogP contribution in [0, 0.1) is 0 Å². The summed E-state index contributed by atoms with van der Waals surface area (Å²) >= 11 is 0. The number of carbonyl (C=O) groups excluding carboxylic acids is 1. The predicted octanol–water partition coefficient (Wildman–Crippen LogP) is 1.51. The quantitative estimate of drug-likeness (QED) is 0.728. The van der Waals surface area contributed by atoms with Gasteiger partial charge in [-0.2, -0.15) is 0 Å². The second-order valence-electron chi connectivity index (χ2n) is 5.27. The molecule has 0 saturated heterocycles. The Bertz CT molecular complexity index is 759. The number of hydrogen-bond acceptors (Lipinski definition) is 5. The Hall–Kier alpha value is -3.11. The van der Waals surface area contributed by atoms with Crippen molar-refractivity contribution in [2.75, 3.05) is 0 Å². The van der Waals surface area contributed by atoms with Crippen LogP contribution in [-0.4, -0.2) is 38.3 Å². The highest BCUT2D eigenvalue weighted by Crippen LogP contribution is 2.22. The topological polar surface area (TPSA) is 106 Å². The van der Waals surface area contributed by atoms with E-state index in [0.29, 0.717) is 17.7 Å². The molecular formula is C15H15F3N4O4. The van der Waals surface area contributed by atoms with Gasteiger partial charge in [-0.3, -0.25) is 9.59 Å². The molecule has 0 unspecified atom stereocenters. The molecule has 1 amide bonds. The standard InChI is InChI=1S/C15H15F3N4O4/c16-15(17,18)26-12-4-1-10(2-5-12)3-6-13(23)19-7-11-8-22(21-20-11)9-14(24)25/h1-2,4-5,8H,3,6-7,9H2,(H,19,23)(H,24,25). The van der Waals surface area contributed by atoms with E-state index < -0.39 is 12.3 Å². The number of aromatic nitrogens is 3. The number of carboxylic acid groups (broad SMARTS) is 1. The zero-order valence-electron chi connectivity index (χ0n) is 13.4. The van der Waals surface area contributed by atoms with Crippen molar-refractivity contribution < 1.29 is 32.6 Å². The molecule has 0 aliphatic carbocycles. The highest BCUT2D eigenvalue weighted by Gasteiger charge is 2.30. The van der Waals surface area contributed by atoms with Crippen LogP contribution in [0.5, 0.6) is 5.75 Å². The highest BCUT2D eigenvalue weighted by atomic mass is 19.4. The molecular weight excluding hydrogens is 357 g/mol. The number of aryl methyl sites for hydroxylation is 1. The van der Waals surface area contributed by atoms with E-state index in [4.69, 9.17) is 5.11 Å². The van der Waals surface area contributed by atoms with Crippen molar-refractivity contribution in [2.24, 2.45) is 0 Å². The van der Waals surface area contributed by atoms with Crippen LogP contribution in [0.4, 0.5) is 13.2 Å². The number of rotatable bonds is 8. The van der Waals surface area contributed by atoms with Crippen LogP contribution in [0.2, 0.25) is 0 Å². The molecule has 2 N–H and O–H groups in total. The lowest BCUT2D eigenvalue weighted by Gasteiger charge is -2.09. The van der Waals surface area contributed by atoms with Crippen LogP contribution in [0.1, 0.15) is 17.7 Å². The Labute approximate surface area is 145 Å². The van der Waals surface area contributed by atoms with E-state index in [1.165, 1.54) is 30.5 Å². The van der Waals surface area contributed by atoms with Gasteiger partial charge in [0.25, 0.3) is 0 Å². The second kappa shape index (κ2) is 8.32. The van der Waals surface area contributed by atoms with E-state index in [2.05, 4.69) is 20.4 Å². The average molecular weight is 372 g/mol. The van der Waals surface area contributed by atoms with Crippen LogP contribution < -0.4 is 10.1 Å². The number of benzene rings is 1. The number of amides is 1. The molecule has 0 saturated carbocycles. The molecule has 0 atom stereocenters. The number of nitrogens with zero attached hydrogens (tertiary/aromatic N) is 3. The summed E-state index contributed by atoms with van der Waals surface area (Å²) < 4.78 is 41.1. The molecule has 0 aliphatic rings. The van der Waals surface area contributed by atoms with Crippen molar-refractivity contribution >= 4 is 11.9 Å². The maximum Gasteiger partial charge on any atom is 0.573 e. The van der Waals surface area contributed by atoms with Crippen molar-refractivity contribution in [1.29, 1.82) is 0 Å². The van der Waals surface area contributed by atoms with E-state index in [1.807, 2.05) is 0 Å². The van der Waals surface area contributed by atoms with Gasteiger partial charge < -0.3 is 15.2 Å². The van der Waals surface area contributed by atoms with Gasteiger partial charge in [0.05, 0.1) is 12.7 Å². The molecule has 8 nitrogen and oxygen atoms in total. The molecule has 2 aromatic rings. The maximum atomic E-state index is 12.1. The third-order valence-electron chi connectivity index (χ3n) is 3.15. The second-order valence-corrected chi connectivity index (χ2v) is 5.27. The third kappa shape index (κ3) is 6.79. The Morgan fingerprint density at radius 3 is 2.54 bits per heavy atom. The first-order chi connectivity index (χ1) is 12.2. The average Bonchev–Trinajstić information content (AvgIpc) is 2.97. The van der Waals surface area contributed by atoms with Gasteiger partial charge in [-0.1, -0.05) is 17.3 Å². The van der Waals surface area contributed by atoms with Gasteiger partial charge in [0.1, 0.15) is 18.0 Å². The van der Waals surface area contributed by atoms with E-state index >= 15 is 0 Å². The summed E-state index contributed by atoms with van der Waals surface area (Å²) in [6.07, 6.45) is -2.87. The summed E-state index contributed by atoms with van der Waals surface area (Å²) in [6, 6.07) is 5.26. The number of carboxylic acids is 1.